The first kappa shape index (κ1) is 11.3. The number of carbonyl (C=O) groups is 1. The van der Waals surface area contributed by atoms with E-state index in [-0.39, 0.29) is 6.09 Å². The van der Waals surface area contributed by atoms with Gasteiger partial charge >= 0.3 is 6.09 Å². The van der Waals surface area contributed by atoms with Gasteiger partial charge in [-0.25, -0.2) is 4.79 Å². The van der Waals surface area contributed by atoms with E-state index >= 15 is 0 Å². The molecular formula is C9H19NO2. The molecule has 0 aliphatic heterocycles. The van der Waals surface area contributed by atoms with E-state index in [0.717, 1.165) is 13.0 Å². The summed E-state index contributed by atoms with van der Waals surface area (Å²) in [5.41, 5.74) is 0. The van der Waals surface area contributed by atoms with Gasteiger partial charge < -0.3 is 9.64 Å². The van der Waals surface area contributed by atoms with Crippen LogP contribution in [0.25, 0.3) is 0 Å². The summed E-state index contributed by atoms with van der Waals surface area (Å²) >= 11 is 0. The third-order valence-corrected chi connectivity index (χ3v) is 1.41. The van der Waals surface area contributed by atoms with Crippen molar-refractivity contribution in [1.82, 2.24) is 4.90 Å². The van der Waals surface area contributed by atoms with Crippen LogP contribution in [0, 0.1) is 5.92 Å². The minimum absolute atomic E-state index is 0.217. The van der Waals surface area contributed by atoms with Gasteiger partial charge in [-0.3, -0.25) is 0 Å². The molecule has 0 spiro atoms. The Hall–Kier alpha value is -0.730. The minimum Gasteiger partial charge on any atom is -0.449 e. The number of nitrogens with zero attached hydrogens (tertiary/aromatic N) is 1. The quantitative estimate of drug-likeness (QED) is 0.651. The van der Waals surface area contributed by atoms with Crippen LogP contribution in [-0.4, -0.2) is 31.2 Å². The Balaban J connectivity index is 3.57. The van der Waals surface area contributed by atoms with Gasteiger partial charge in [0.1, 0.15) is 0 Å². The third kappa shape index (κ3) is 4.99. The van der Waals surface area contributed by atoms with Gasteiger partial charge in [0.05, 0.1) is 6.61 Å². The first-order chi connectivity index (χ1) is 5.57. The Morgan fingerprint density at radius 3 is 2.50 bits per heavy atom. The fourth-order valence-electron chi connectivity index (χ4n) is 0.775. The Kier molecular flexibility index (Phi) is 5.51. The summed E-state index contributed by atoms with van der Waals surface area (Å²) in [6.45, 7) is 7.34. The molecule has 0 aromatic heterocycles. The van der Waals surface area contributed by atoms with Crippen molar-refractivity contribution in [3.05, 3.63) is 0 Å². The Morgan fingerprint density at radius 1 is 1.50 bits per heavy atom. The fourth-order valence-corrected chi connectivity index (χ4v) is 0.775. The maximum atomic E-state index is 11.1. The normalized spacial score (nSPS) is 10.1. The van der Waals surface area contributed by atoms with Crippen molar-refractivity contribution in [2.45, 2.75) is 27.2 Å². The molecule has 0 aromatic rings. The molecule has 0 aliphatic rings. The molecule has 0 rings (SSSR count). The van der Waals surface area contributed by atoms with Crippen LogP contribution in [0.3, 0.4) is 0 Å². The second-order valence-electron chi connectivity index (χ2n) is 3.39. The van der Waals surface area contributed by atoms with Crippen LogP contribution in [0.2, 0.25) is 0 Å². The van der Waals surface area contributed by atoms with Crippen molar-refractivity contribution in [2.24, 2.45) is 5.92 Å². The van der Waals surface area contributed by atoms with Gasteiger partial charge in [0.15, 0.2) is 0 Å². The van der Waals surface area contributed by atoms with E-state index in [1.807, 2.05) is 20.8 Å². The smallest absolute Gasteiger partial charge is 0.409 e. The monoisotopic (exact) mass is 173 g/mol. The average Bonchev–Trinajstić information content (AvgIpc) is 2.00. The highest BCUT2D eigenvalue weighted by Gasteiger charge is 2.08. The summed E-state index contributed by atoms with van der Waals surface area (Å²) < 4.78 is 5.00. The summed E-state index contributed by atoms with van der Waals surface area (Å²) in [5.74, 6) is 0.406. The molecule has 0 N–H and O–H groups in total. The summed E-state index contributed by atoms with van der Waals surface area (Å²) in [4.78, 5) is 12.7. The van der Waals surface area contributed by atoms with Crippen molar-refractivity contribution >= 4 is 6.09 Å². The molecule has 0 heterocycles. The summed E-state index contributed by atoms with van der Waals surface area (Å²) in [5, 5.41) is 0. The Morgan fingerprint density at radius 2 is 2.08 bits per heavy atom. The maximum Gasteiger partial charge on any atom is 0.409 e. The molecule has 3 nitrogen and oxygen atoms in total. The zero-order valence-electron chi connectivity index (χ0n) is 8.46. The van der Waals surface area contributed by atoms with E-state index in [1.165, 1.54) is 0 Å². The number of amides is 1. The summed E-state index contributed by atoms with van der Waals surface area (Å²) in [6, 6.07) is 0. The topological polar surface area (TPSA) is 29.5 Å². The zero-order valence-corrected chi connectivity index (χ0v) is 8.46. The lowest BCUT2D eigenvalue weighted by atomic mass is 10.2. The van der Waals surface area contributed by atoms with Crippen molar-refractivity contribution < 1.29 is 9.53 Å². The number of rotatable bonds is 4. The summed E-state index contributed by atoms with van der Waals surface area (Å²) in [7, 11) is 1.76. The van der Waals surface area contributed by atoms with Gasteiger partial charge in [0.2, 0.25) is 0 Å². The highest BCUT2D eigenvalue weighted by atomic mass is 16.6. The largest absolute Gasteiger partial charge is 0.449 e. The van der Waals surface area contributed by atoms with Crippen LogP contribution in [0.15, 0.2) is 0 Å². The molecule has 3 heteroatoms. The van der Waals surface area contributed by atoms with Crippen LogP contribution in [0.4, 0.5) is 4.79 Å². The molecule has 72 valence electrons. The molecule has 0 atom stereocenters. The van der Waals surface area contributed by atoms with Crippen LogP contribution >= 0.6 is 0 Å². The van der Waals surface area contributed by atoms with Gasteiger partial charge in [0.25, 0.3) is 0 Å². The van der Waals surface area contributed by atoms with Crippen LogP contribution in [0.5, 0.6) is 0 Å². The van der Waals surface area contributed by atoms with Gasteiger partial charge in [-0.1, -0.05) is 20.8 Å². The number of carbonyl (C=O) groups excluding carboxylic acids is 1. The number of hydrogen-bond donors (Lipinski definition) is 0. The molecule has 0 radical (unpaired) electrons. The Bertz CT molecular complexity index is 134. The Labute approximate surface area is 74.7 Å². The molecule has 0 saturated carbocycles. The molecule has 0 saturated heterocycles. The predicted octanol–water partition coefficient (Wildman–Crippen LogP) is 2.12. The third-order valence-electron chi connectivity index (χ3n) is 1.41. The van der Waals surface area contributed by atoms with Crippen molar-refractivity contribution in [3.8, 4) is 0 Å². The first-order valence-corrected chi connectivity index (χ1v) is 4.45. The molecule has 1 amide bonds. The highest BCUT2D eigenvalue weighted by Crippen LogP contribution is 1.97. The van der Waals surface area contributed by atoms with Crippen molar-refractivity contribution in [2.75, 3.05) is 20.2 Å². The van der Waals surface area contributed by atoms with E-state index < -0.39 is 0 Å². The molecule has 0 fully saturated rings. The lowest BCUT2D eigenvalue weighted by Gasteiger charge is -2.16. The van der Waals surface area contributed by atoms with Crippen LogP contribution in [0.1, 0.15) is 27.2 Å². The van der Waals surface area contributed by atoms with E-state index in [2.05, 4.69) is 0 Å². The molecule has 0 unspecified atom stereocenters. The SMILES string of the molecule is CCCN(C)C(=O)OCC(C)C. The molecule has 12 heavy (non-hydrogen) atoms. The number of ether oxygens (including phenoxy) is 1. The van der Waals surface area contributed by atoms with Gasteiger partial charge in [-0.05, 0) is 12.3 Å². The summed E-state index contributed by atoms with van der Waals surface area (Å²) in [6.07, 6.45) is 0.748. The predicted molar refractivity (Wildman–Crippen MR) is 49.1 cm³/mol. The van der Waals surface area contributed by atoms with Gasteiger partial charge in [0, 0.05) is 13.6 Å². The zero-order chi connectivity index (χ0) is 9.56. The van der Waals surface area contributed by atoms with E-state index in [4.69, 9.17) is 4.74 Å². The second kappa shape index (κ2) is 5.86. The maximum absolute atomic E-state index is 11.1. The van der Waals surface area contributed by atoms with Crippen molar-refractivity contribution in [3.63, 3.8) is 0 Å². The lowest BCUT2D eigenvalue weighted by Crippen LogP contribution is -2.29. The molecule has 0 aromatic carbocycles. The second-order valence-corrected chi connectivity index (χ2v) is 3.39. The van der Waals surface area contributed by atoms with Crippen LogP contribution < -0.4 is 0 Å². The standard InChI is InChI=1S/C9H19NO2/c1-5-6-10(4)9(11)12-7-8(2)3/h8H,5-7H2,1-4H3. The van der Waals surface area contributed by atoms with Gasteiger partial charge in [-0.15, -0.1) is 0 Å². The number of hydrogen-bond acceptors (Lipinski definition) is 2. The molecule has 0 bridgehead atoms. The first-order valence-electron chi connectivity index (χ1n) is 4.45. The fraction of sp³-hybridized carbons (Fsp3) is 0.889. The molecular weight excluding hydrogens is 154 g/mol. The van der Waals surface area contributed by atoms with Crippen molar-refractivity contribution in [1.29, 1.82) is 0 Å². The van der Waals surface area contributed by atoms with E-state index in [1.54, 1.807) is 11.9 Å². The van der Waals surface area contributed by atoms with E-state index in [9.17, 15) is 4.79 Å². The highest BCUT2D eigenvalue weighted by molar-refractivity contribution is 5.67. The lowest BCUT2D eigenvalue weighted by molar-refractivity contribution is 0.1000. The van der Waals surface area contributed by atoms with Crippen LogP contribution in [-0.2, 0) is 4.74 Å². The minimum atomic E-state index is -0.217. The van der Waals surface area contributed by atoms with Gasteiger partial charge in [-0.2, -0.15) is 0 Å². The van der Waals surface area contributed by atoms with E-state index in [0.29, 0.717) is 12.5 Å². The average molecular weight is 173 g/mol. The molecule has 0 aliphatic carbocycles.